The Bertz CT molecular complexity index is 607. The smallest absolute Gasteiger partial charge is 0.227 e. The second kappa shape index (κ2) is 8.48. The highest BCUT2D eigenvalue weighted by Gasteiger charge is 2.33. The molecule has 136 valence electrons. The lowest BCUT2D eigenvalue weighted by atomic mass is 10.1. The summed E-state index contributed by atoms with van der Waals surface area (Å²) in [5, 5.41) is 3.04. The molecule has 2 aliphatic carbocycles. The fourth-order valence-corrected chi connectivity index (χ4v) is 3.54. The van der Waals surface area contributed by atoms with E-state index in [4.69, 9.17) is 5.73 Å². The first kappa shape index (κ1) is 17.9. The van der Waals surface area contributed by atoms with Crippen LogP contribution in [-0.2, 0) is 16.1 Å². The van der Waals surface area contributed by atoms with Gasteiger partial charge in [-0.05, 0) is 56.3 Å². The van der Waals surface area contributed by atoms with Crippen LogP contribution in [0, 0.1) is 11.8 Å². The molecule has 0 bridgehead atoms. The monoisotopic (exact) mass is 343 g/mol. The molecule has 5 nitrogen and oxygen atoms in total. The molecule has 0 aliphatic heterocycles. The number of carbonyl (C=O) groups excluding carboxylic acids is 2. The Morgan fingerprint density at radius 1 is 1.12 bits per heavy atom. The van der Waals surface area contributed by atoms with Crippen LogP contribution in [0.2, 0.25) is 0 Å². The number of nitrogens with two attached hydrogens (primary N) is 1. The Kier molecular flexibility index (Phi) is 6.08. The molecule has 0 aromatic heterocycles. The van der Waals surface area contributed by atoms with Crippen LogP contribution in [-0.4, -0.2) is 29.8 Å². The van der Waals surface area contributed by atoms with E-state index < -0.39 is 0 Å². The summed E-state index contributed by atoms with van der Waals surface area (Å²) in [7, 11) is 0. The topological polar surface area (TPSA) is 75.4 Å². The van der Waals surface area contributed by atoms with Crippen molar-refractivity contribution in [2.45, 2.75) is 51.5 Å². The molecule has 1 aromatic carbocycles. The lowest BCUT2D eigenvalue weighted by Gasteiger charge is -2.23. The Balaban J connectivity index is 1.62. The van der Waals surface area contributed by atoms with Crippen molar-refractivity contribution in [3.05, 3.63) is 29.8 Å². The van der Waals surface area contributed by atoms with Crippen molar-refractivity contribution in [2.75, 3.05) is 18.4 Å². The predicted molar refractivity (Wildman–Crippen MR) is 98.8 cm³/mol. The normalized spacial score (nSPS) is 17.5. The van der Waals surface area contributed by atoms with Gasteiger partial charge in [0, 0.05) is 30.6 Å². The molecule has 0 radical (unpaired) electrons. The minimum absolute atomic E-state index is 0.128. The van der Waals surface area contributed by atoms with Crippen LogP contribution in [0.3, 0.4) is 0 Å². The number of nitrogens with one attached hydrogen (secondary N) is 1. The maximum Gasteiger partial charge on any atom is 0.227 e. The van der Waals surface area contributed by atoms with Gasteiger partial charge in [-0.1, -0.05) is 25.0 Å². The van der Waals surface area contributed by atoms with E-state index >= 15 is 0 Å². The molecule has 0 atom stereocenters. The van der Waals surface area contributed by atoms with E-state index in [0.29, 0.717) is 19.6 Å². The molecule has 3 N–H and O–H groups in total. The van der Waals surface area contributed by atoms with Crippen LogP contribution in [0.1, 0.15) is 50.5 Å². The first-order valence-corrected chi connectivity index (χ1v) is 9.56. The van der Waals surface area contributed by atoms with E-state index in [9.17, 15) is 9.59 Å². The van der Waals surface area contributed by atoms with Gasteiger partial charge in [0.15, 0.2) is 0 Å². The second-order valence-electron chi connectivity index (χ2n) is 7.35. The van der Waals surface area contributed by atoms with Gasteiger partial charge in [-0.3, -0.25) is 9.59 Å². The highest BCUT2D eigenvalue weighted by molar-refractivity contribution is 5.92. The lowest BCUT2D eigenvalue weighted by Crippen LogP contribution is -2.33. The quantitative estimate of drug-likeness (QED) is 0.762. The average molecular weight is 343 g/mol. The van der Waals surface area contributed by atoms with Crippen LogP contribution in [0.15, 0.2) is 24.3 Å². The number of carbonyl (C=O) groups is 2. The molecule has 0 unspecified atom stereocenters. The third-order valence-corrected chi connectivity index (χ3v) is 5.16. The molecule has 0 saturated heterocycles. The van der Waals surface area contributed by atoms with Crippen LogP contribution >= 0.6 is 0 Å². The minimum atomic E-state index is 0.128. The molecule has 2 fully saturated rings. The van der Waals surface area contributed by atoms with Crippen LogP contribution in [0.4, 0.5) is 5.69 Å². The van der Waals surface area contributed by atoms with Crippen molar-refractivity contribution in [1.29, 1.82) is 0 Å². The average Bonchev–Trinajstić information content (AvgIpc) is 3.32. The Hall–Kier alpha value is -1.88. The van der Waals surface area contributed by atoms with Crippen LogP contribution in [0.5, 0.6) is 0 Å². The number of amides is 2. The number of hydrogen-bond donors (Lipinski definition) is 2. The van der Waals surface area contributed by atoms with Gasteiger partial charge in [0.2, 0.25) is 11.8 Å². The Labute approximate surface area is 150 Å². The number of anilines is 1. The van der Waals surface area contributed by atoms with Crippen molar-refractivity contribution in [3.8, 4) is 0 Å². The summed E-state index contributed by atoms with van der Waals surface area (Å²) in [6.07, 6.45) is 7.12. The van der Waals surface area contributed by atoms with E-state index in [1.54, 1.807) is 0 Å². The summed E-state index contributed by atoms with van der Waals surface area (Å²) in [5.41, 5.74) is 7.49. The summed E-state index contributed by atoms with van der Waals surface area (Å²) >= 11 is 0. The zero-order valence-electron chi connectivity index (χ0n) is 14.9. The minimum Gasteiger partial charge on any atom is -0.338 e. The van der Waals surface area contributed by atoms with Gasteiger partial charge in [0.25, 0.3) is 0 Å². The molecular weight excluding hydrogens is 314 g/mol. The Morgan fingerprint density at radius 3 is 2.56 bits per heavy atom. The predicted octanol–water partition coefficient (Wildman–Crippen LogP) is 2.90. The molecule has 0 spiro atoms. The van der Waals surface area contributed by atoms with Crippen molar-refractivity contribution in [3.63, 3.8) is 0 Å². The number of nitrogens with zero attached hydrogens (tertiary/aromatic N) is 1. The third-order valence-electron chi connectivity index (χ3n) is 5.16. The molecule has 2 saturated carbocycles. The van der Waals surface area contributed by atoms with E-state index in [0.717, 1.165) is 56.2 Å². The number of rotatable bonds is 8. The zero-order chi connectivity index (χ0) is 17.6. The molecule has 2 amide bonds. The lowest BCUT2D eigenvalue weighted by molar-refractivity contribution is -0.133. The fourth-order valence-electron chi connectivity index (χ4n) is 3.54. The van der Waals surface area contributed by atoms with Gasteiger partial charge in [0.1, 0.15) is 0 Å². The molecule has 25 heavy (non-hydrogen) atoms. The molecule has 1 aromatic rings. The van der Waals surface area contributed by atoms with Gasteiger partial charge < -0.3 is 16.0 Å². The first-order chi connectivity index (χ1) is 12.2. The molecule has 0 heterocycles. The van der Waals surface area contributed by atoms with E-state index in [-0.39, 0.29) is 23.7 Å². The maximum atomic E-state index is 12.5. The van der Waals surface area contributed by atoms with Crippen molar-refractivity contribution in [1.82, 2.24) is 4.90 Å². The SMILES string of the molecule is NCCCN(Cc1cccc(NC(=O)C2CCCC2)c1)C(=O)C1CC1. The highest BCUT2D eigenvalue weighted by atomic mass is 16.2. The number of hydrogen-bond acceptors (Lipinski definition) is 3. The molecular formula is C20H29N3O2. The number of benzene rings is 1. The van der Waals surface area contributed by atoms with E-state index in [2.05, 4.69) is 5.32 Å². The van der Waals surface area contributed by atoms with Gasteiger partial charge in [0.05, 0.1) is 0 Å². The summed E-state index contributed by atoms with van der Waals surface area (Å²) in [6.45, 7) is 1.87. The van der Waals surface area contributed by atoms with Gasteiger partial charge in [-0.15, -0.1) is 0 Å². The zero-order valence-corrected chi connectivity index (χ0v) is 14.9. The van der Waals surface area contributed by atoms with Crippen molar-refractivity contribution >= 4 is 17.5 Å². The largest absolute Gasteiger partial charge is 0.338 e. The molecule has 2 aliphatic rings. The Morgan fingerprint density at radius 2 is 1.88 bits per heavy atom. The van der Waals surface area contributed by atoms with E-state index in [1.807, 2.05) is 29.2 Å². The summed E-state index contributed by atoms with van der Waals surface area (Å²) in [4.78, 5) is 26.7. The fraction of sp³-hybridized carbons (Fsp3) is 0.600. The summed E-state index contributed by atoms with van der Waals surface area (Å²) < 4.78 is 0. The first-order valence-electron chi connectivity index (χ1n) is 9.56. The van der Waals surface area contributed by atoms with E-state index in [1.165, 1.54) is 0 Å². The third kappa shape index (κ3) is 5.05. The standard InChI is InChI=1S/C20H29N3O2/c21-11-4-12-23(20(25)17-9-10-17)14-15-5-3-8-18(13-15)22-19(24)16-6-1-2-7-16/h3,5,8,13,16-17H,1-2,4,6-7,9-12,14,21H2,(H,22,24). The van der Waals surface area contributed by atoms with Gasteiger partial charge >= 0.3 is 0 Å². The molecule has 5 heteroatoms. The summed E-state index contributed by atoms with van der Waals surface area (Å²) in [6, 6.07) is 7.87. The van der Waals surface area contributed by atoms with Gasteiger partial charge in [-0.25, -0.2) is 0 Å². The highest BCUT2D eigenvalue weighted by Crippen LogP contribution is 2.32. The second-order valence-corrected chi connectivity index (χ2v) is 7.35. The van der Waals surface area contributed by atoms with Crippen molar-refractivity contribution in [2.24, 2.45) is 17.6 Å². The van der Waals surface area contributed by atoms with Crippen LogP contribution < -0.4 is 11.1 Å². The maximum absolute atomic E-state index is 12.5. The van der Waals surface area contributed by atoms with Gasteiger partial charge in [-0.2, -0.15) is 0 Å². The van der Waals surface area contributed by atoms with Crippen LogP contribution in [0.25, 0.3) is 0 Å². The molecule has 3 rings (SSSR count). The summed E-state index contributed by atoms with van der Waals surface area (Å²) in [5.74, 6) is 0.738. The van der Waals surface area contributed by atoms with Crippen molar-refractivity contribution < 1.29 is 9.59 Å².